The number of carbonyl (C=O) groups excluding carboxylic acids is 1. The summed E-state index contributed by atoms with van der Waals surface area (Å²) in [6.07, 6.45) is 3.93. The second-order valence-corrected chi connectivity index (χ2v) is 6.76. The number of hydrogen-bond acceptors (Lipinski definition) is 5. The summed E-state index contributed by atoms with van der Waals surface area (Å²) in [7, 11) is 0. The molecular formula is C21H23N5O2. The number of benzene rings is 1. The smallest absolute Gasteiger partial charge is 0.255 e. The molecule has 1 aliphatic heterocycles. The molecule has 0 atom stereocenters. The van der Waals surface area contributed by atoms with Crippen LogP contribution in [0.4, 0.5) is 11.6 Å². The highest BCUT2D eigenvalue weighted by Crippen LogP contribution is 2.22. The van der Waals surface area contributed by atoms with Crippen LogP contribution in [-0.2, 0) is 4.74 Å². The number of anilines is 2. The molecule has 0 saturated carbocycles. The van der Waals surface area contributed by atoms with Crippen molar-refractivity contribution in [1.82, 2.24) is 14.5 Å². The van der Waals surface area contributed by atoms with Crippen molar-refractivity contribution in [3.8, 4) is 5.69 Å². The van der Waals surface area contributed by atoms with Crippen molar-refractivity contribution in [2.75, 3.05) is 36.5 Å². The highest BCUT2D eigenvalue weighted by molar-refractivity contribution is 6.04. The van der Waals surface area contributed by atoms with E-state index in [9.17, 15) is 4.79 Å². The van der Waals surface area contributed by atoms with Crippen LogP contribution >= 0.6 is 0 Å². The molecular weight excluding hydrogens is 354 g/mol. The number of nitrogens with zero attached hydrogens (tertiary/aromatic N) is 4. The van der Waals surface area contributed by atoms with Gasteiger partial charge in [0, 0.05) is 36.7 Å². The molecule has 28 heavy (non-hydrogen) atoms. The lowest BCUT2D eigenvalue weighted by Crippen LogP contribution is -2.37. The van der Waals surface area contributed by atoms with Crippen molar-refractivity contribution in [2.24, 2.45) is 0 Å². The minimum absolute atomic E-state index is 0.173. The topological polar surface area (TPSA) is 72.3 Å². The van der Waals surface area contributed by atoms with Crippen LogP contribution in [0, 0.1) is 13.8 Å². The van der Waals surface area contributed by atoms with E-state index in [2.05, 4.69) is 20.2 Å². The Morgan fingerprint density at radius 1 is 1.00 bits per heavy atom. The first-order chi connectivity index (χ1) is 13.6. The first-order valence-electron chi connectivity index (χ1n) is 9.34. The van der Waals surface area contributed by atoms with E-state index in [0.717, 1.165) is 30.2 Å². The largest absolute Gasteiger partial charge is 0.378 e. The molecule has 2 aromatic heterocycles. The molecule has 0 radical (unpaired) electrons. The molecule has 0 aliphatic carbocycles. The number of hydrogen-bond donors (Lipinski definition) is 1. The number of carbonyl (C=O) groups is 1. The molecule has 1 fully saturated rings. The summed E-state index contributed by atoms with van der Waals surface area (Å²) in [5.41, 5.74) is 3.77. The molecule has 144 valence electrons. The maximum absolute atomic E-state index is 12.7. The Hall–Kier alpha value is -3.19. The molecule has 0 bridgehead atoms. The number of nitrogens with one attached hydrogen (secondary N) is 1. The molecule has 3 heterocycles. The lowest BCUT2D eigenvalue weighted by molar-refractivity contribution is 0.102. The van der Waals surface area contributed by atoms with Crippen LogP contribution in [0.15, 0.2) is 48.8 Å². The van der Waals surface area contributed by atoms with Crippen LogP contribution < -0.4 is 10.2 Å². The molecule has 1 saturated heterocycles. The molecule has 7 nitrogen and oxygen atoms in total. The fourth-order valence-electron chi connectivity index (χ4n) is 3.26. The number of amides is 1. The molecule has 0 unspecified atom stereocenters. The second-order valence-electron chi connectivity index (χ2n) is 6.76. The quantitative estimate of drug-likeness (QED) is 0.757. The Kier molecular flexibility index (Phi) is 5.08. The van der Waals surface area contributed by atoms with E-state index in [4.69, 9.17) is 4.74 Å². The summed E-state index contributed by atoms with van der Waals surface area (Å²) in [5, 5.41) is 2.97. The summed E-state index contributed by atoms with van der Waals surface area (Å²) < 4.78 is 7.38. The minimum Gasteiger partial charge on any atom is -0.378 e. The van der Waals surface area contributed by atoms with Gasteiger partial charge in [-0.2, -0.15) is 0 Å². The molecule has 3 aromatic rings. The van der Waals surface area contributed by atoms with E-state index in [-0.39, 0.29) is 5.91 Å². The molecule has 1 N–H and O–H groups in total. The van der Waals surface area contributed by atoms with Crippen molar-refractivity contribution >= 4 is 17.5 Å². The first-order valence-corrected chi connectivity index (χ1v) is 9.34. The first kappa shape index (κ1) is 18.2. The zero-order valence-corrected chi connectivity index (χ0v) is 16.1. The Morgan fingerprint density at radius 2 is 1.61 bits per heavy atom. The molecule has 7 heteroatoms. The summed E-state index contributed by atoms with van der Waals surface area (Å²) >= 11 is 0. The number of rotatable bonds is 4. The van der Waals surface area contributed by atoms with Crippen molar-refractivity contribution in [3.05, 3.63) is 65.7 Å². The van der Waals surface area contributed by atoms with Gasteiger partial charge in [-0.3, -0.25) is 4.79 Å². The average Bonchev–Trinajstić information content (AvgIpc) is 3.26. The van der Waals surface area contributed by atoms with Gasteiger partial charge in [-0.1, -0.05) is 0 Å². The van der Waals surface area contributed by atoms with Gasteiger partial charge in [0.05, 0.1) is 30.3 Å². The van der Waals surface area contributed by atoms with Crippen molar-refractivity contribution < 1.29 is 9.53 Å². The molecule has 1 aliphatic rings. The summed E-state index contributed by atoms with van der Waals surface area (Å²) in [6.45, 7) is 6.70. The second kappa shape index (κ2) is 7.82. The van der Waals surface area contributed by atoms with Gasteiger partial charge in [-0.25, -0.2) is 9.97 Å². The maximum atomic E-state index is 12.7. The fourth-order valence-corrected chi connectivity index (χ4v) is 3.26. The standard InChI is InChI=1S/C21H23N5O2/c1-15-19(16(2)23-21(22-15)26-11-13-28-14-12-26)24-20(27)17-5-7-18(8-6-17)25-9-3-4-10-25/h3-10H,11-14H2,1-2H3,(H,24,27). The van der Waals surface area contributed by atoms with Crippen LogP contribution in [0.2, 0.25) is 0 Å². The van der Waals surface area contributed by atoms with Crippen molar-refractivity contribution in [3.63, 3.8) is 0 Å². The molecule has 1 aromatic carbocycles. The normalized spacial score (nSPS) is 14.1. The van der Waals surface area contributed by atoms with Gasteiger partial charge in [-0.05, 0) is 50.2 Å². The van der Waals surface area contributed by atoms with Gasteiger partial charge in [-0.15, -0.1) is 0 Å². The highest BCUT2D eigenvalue weighted by atomic mass is 16.5. The van der Waals surface area contributed by atoms with Crippen LogP contribution in [0.25, 0.3) is 5.69 Å². The fraction of sp³-hybridized carbons (Fsp3) is 0.286. The zero-order valence-electron chi connectivity index (χ0n) is 16.1. The van der Waals surface area contributed by atoms with Crippen LogP contribution in [0.5, 0.6) is 0 Å². The predicted molar refractivity (Wildman–Crippen MR) is 108 cm³/mol. The van der Waals surface area contributed by atoms with E-state index in [1.54, 1.807) is 0 Å². The number of aryl methyl sites for hydroxylation is 2. The third-order valence-electron chi connectivity index (χ3n) is 4.82. The van der Waals surface area contributed by atoms with Gasteiger partial charge in [0.25, 0.3) is 5.91 Å². The predicted octanol–water partition coefficient (Wildman–Crippen LogP) is 2.97. The molecule has 4 rings (SSSR count). The van der Waals surface area contributed by atoms with E-state index < -0.39 is 0 Å². The maximum Gasteiger partial charge on any atom is 0.255 e. The van der Waals surface area contributed by atoms with Gasteiger partial charge >= 0.3 is 0 Å². The SMILES string of the molecule is Cc1nc(N2CCOCC2)nc(C)c1NC(=O)c1ccc(-n2cccc2)cc1. The Balaban J connectivity index is 1.51. The minimum atomic E-state index is -0.173. The lowest BCUT2D eigenvalue weighted by atomic mass is 10.1. The third-order valence-corrected chi connectivity index (χ3v) is 4.82. The summed E-state index contributed by atoms with van der Waals surface area (Å²) in [5.74, 6) is 0.514. The van der Waals surface area contributed by atoms with Gasteiger partial charge < -0.3 is 19.5 Å². The highest BCUT2D eigenvalue weighted by Gasteiger charge is 2.18. The Morgan fingerprint density at radius 3 is 2.21 bits per heavy atom. The zero-order chi connectivity index (χ0) is 19.5. The summed E-state index contributed by atoms with van der Waals surface area (Å²) in [4.78, 5) is 24.0. The van der Waals surface area contributed by atoms with Gasteiger partial charge in [0.1, 0.15) is 0 Å². The number of aromatic nitrogens is 3. The molecule has 1 amide bonds. The lowest BCUT2D eigenvalue weighted by Gasteiger charge is -2.27. The Labute approximate surface area is 164 Å². The van der Waals surface area contributed by atoms with E-state index in [0.29, 0.717) is 30.4 Å². The van der Waals surface area contributed by atoms with Crippen LogP contribution in [-0.4, -0.2) is 46.7 Å². The van der Waals surface area contributed by atoms with E-state index in [1.165, 1.54) is 0 Å². The van der Waals surface area contributed by atoms with Gasteiger partial charge in [0.15, 0.2) is 0 Å². The number of ether oxygens (including phenoxy) is 1. The van der Waals surface area contributed by atoms with E-state index in [1.807, 2.05) is 67.2 Å². The monoisotopic (exact) mass is 377 g/mol. The van der Waals surface area contributed by atoms with Crippen molar-refractivity contribution in [2.45, 2.75) is 13.8 Å². The van der Waals surface area contributed by atoms with Gasteiger partial charge in [0.2, 0.25) is 5.95 Å². The Bertz CT molecular complexity index is 938. The van der Waals surface area contributed by atoms with Crippen LogP contribution in [0.3, 0.4) is 0 Å². The molecule has 0 spiro atoms. The third kappa shape index (κ3) is 3.75. The average molecular weight is 377 g/mol. The number of morpholine rings is 1. The summed E-state index contributed by atoms with van der Waals surface area (Å²) in [6, 6.07) is 11.4. The van der Waals surface area contributed by atoms with E-state index >= 15 is 0 Å². The van der Waals surface area contributed by atoms with Crippen LogP contribution in [0.1, 0.15) is 21.7 Å². The van der Waals surface area contributed by atoms with Crippen molar-refractivity contribution in [1.29, 1.82) is 0 Å².